The molecule has 2 rings (SSSR count). The van der Waals surface area contributed by atoms with E-state index in [4.69, 9.17) is 5.11 Å². The maximum atomic E-state index is 12.6. The fourth-order valence-electron chi connectivity index (χ4n) is 2.59. The van der Waals surface area contributed by atoms with E-state index in [-0.39, 0.29) is 24.4 Å². The van der Waals surface area contributed by atoms with Crippen LogP contribution in [0.2, 0.25) is 0 Å². The van der Waals surface area contributed by atoms with Gasteiger partial charge in [-0.25, -0.2) is 0 Å². The summed E-state index contributed by atoms with van der Waals surface area (Å²) in [6, 6.07) is 8.66. The Bertz CT molecular complexity index is 475. The number of aliphatic carboxylic acids is 1. The number of anilines is 1. The van der Waals surface area contributed by atoms with E-state index in [0.717, 1.165) is 19.4 Å². The molecule has 0 aliphatic carbocycles. The van der Waals surface area contributed by atoms with Gasteiger partial charge in [0.05, 0.1) is 6.04 Å². The minimum Gasteiger partial charge on any atom is -0.480 e. The summed E-state index contributed by atoms with van der Waals surface area (Å²) < 4.78 is 0. The molecule has 5 nitrogen and oxygen atoms in total. The van der Waals surface area contributed by atoms with E-state index < -0.39 is 5.97 Å². The number of para-hydroxylation sites is 1. The van der Waals surface area contributed by atoms with Crippen molar-refractivity contribution in [3.8, 4) is 0 Å². The third-order valence-corrected chi connectivity index (χ3v) is 3.66. The Labute approximate surface area is 118 Å². The number of nitrogens with one attached hydrogen (secondary N) is 1. The molecule has 1 fully saturated rings. The summed E-state index contributed by atoms with van der Waals surface area (Å²) in [4.78, 5) is 25.0. The smallest absolute Gasteiger partial charge is 0.323 e. The van der Waals surface area contributed by atoms with Gasteiger partial charge in [0.1, 0.15) is 6.54 Å². The molecule has 2 atom stereocenters. The summed E-state index contributed by atoms with van der Waals surface area (Å²) in [6.45, 7) is 2.52. The molecule has 2 unspecified atom stereocenters. The SMILES string of the molecule is CC1CCCNC1C(=O)N(CC(=O)O)c1ccccc1. The number of hydrogen-bond acceptors (Lipinski definition) is 3. The molecule has 1 aliphatic heterocycles. The Morgan fingerprint density at radius 2 is 2.05 bits per heavy atom. The second kappa shape index (κ2) is 6.52. The molecule has 0 aromatic heterocycles. The van der Waals surface area contributed by atoms with Gasteiger partial charge in [-0.2, -0.15) is 0 Å². The van der Waals surface area contributed by atoms with Crippen molar-refractivity contribution in [3.05, 3.63) is 30.3 Å². The van der Waals surface area contributed by atoms with Crippen LogP contribution in [0.15, 0.2) is 30.3 Å². The van der Waals surface area contributed by atoms with E-state index in [9.17, 15) is 9.59 Å². The maximum absolute atomic E-state index is 12.6. The summed E-state index contributed by atoms with van der Waals surface area (Å²) in [5, 5.41) is 12.3. The van der Waals surface area contributed by atoms with Crippen LogP contribution in [0.25, 0.3) is 0 Å². The van der Waals surface area contributed by atoms with Crippen molar-refractivity contribution < 1.29 is 14.7 Å². The molecule has 108 valence electrons. The normalized spacial score (nSPS) is 22.2. The molecule has 2 N–H and O–H groups in total. The van der Waals surface area contributed by atoms with E-state index in [1.807, 2.05) is 13.0 Å². The number of hydrogen-bond donors (Lipinski definition) is 2. The van der Waals surface area contributed by atoms with Crippen LogP contribution in [0, 0.1) is 5.92 Å². The number of piperidine rings is 1. The summed E-state index contributed by atoms with van der Waals surface area (Å²) in [7, 11) is 0. The lowest BCUT2D eigenvalue weighted by molar-refractivity contribution is -0.137. The zero-order chi connectivity index (χ0) is 14.5. The van der Waals surface area contributed by atoms with Gasteiger partial charge in [-0.1, -0.05) is 25.1 Å². The van der Waals surface area contributed by atoms with E-state index in [1.165, 1.54) is 4.90 Å². The van der Waals surface area contributed by atoms with Crippen molar-refractivity contribution in [2.45, 2.75) is 25.8 Å². The minimum absolute atomic E-state index is 0.161. The lowest BCUT2D eigenvalue weighted by Gasteiger charge is -2.33. The van der Waals surface area contributed by atoms with Crippen molar-refractivity contribution in [3.63, 3.8) is 0 Å². The van der Waals surface area contributed by atoms with Gasteiger partial charge >= 0.3 is 5.97 Å². The first-order valence-electron chi connectivity index (χ1n) is 6.91. The standard InChI is InChI=1S/C15H20N2O3/c1-11-6-5-9-16-14(11)15(20)17(10-13(18)19)12-7-3-2-4-8-12/h2-4,7-8,11,14,16H,5-6,9-10H2,1H3,(H,18,19). The number of carboxylic acid groups (broad SMARTS) is 1. The highest BCUT2D eigenvalue weighted by atomic mass is 16.4. The van der Waals surface area contributed by atoms with E-state index in [1.54, 1.807) is 24.3 Å². The molecular weight excluding hydrogens is 256 g/mol. The first-order chi connectivity index (χ1) is 9.59. The quantitative estimate of drug-likeness (QED) is 0.874. The Hall–Kier alpha value is -1.88. The molecule has 1 aromatic carbocycles. The number of carbonyl (C=O) groups is 2. The third-order valence-electron chi connectivity index (χ3n) is 3.66. The second-order valence-corrected chi connectivity index (χ2v) is 5.20. The molecule has 0 saturated carbocycles. The third kappa shape index (κ3) is 3.36. The van der Waals surface area contributed by atoms with Gasteiger partial charge in [-0.15, -0.1) is 0 Å². The molecule has 20 heavy (non-hydrogen) atoms. The monoisotopic (exact) mass is 276 g/mol. The lowest BCUT2D eigenvalue weighted by Crippen LogP contribution is -2.53. The number of carboxylic acids is 1. The largest absolute Gasteiger partial charge is 0.480 e. The molecule has 1 aromatic rings. The van der Waals surface area contributed by atoms with Gasteiger partial charge in [0.25, 0.3) is 0 Å². The van der Waals surface area contributed by atoms with Crippen LogP contribution in [0.1, 0.15) is 19.8 Å². The summed E-state index contributed by atoms with van der Waals surface area (Å²) in [5.74, 6) is -0.951. The van der Waals surface area contributed by atoms with Crippen molar-refractivity contribution in [1.82, 2.24) is 5.32 Å². The number of carbonyl (C=O) groups excluding carboxylic acids is 1. The molecule has 1 saturated heterocycles. The average molecular weight is 276 g/mol. The molecule has 0 spiro atoms. The van der Waals surface area contributed by atoms with Gasteiger partial charge in [0.2, 0.25) is 5.91 Å². The predicted molar refractivity (Wildman–Crippen MR) is 76.6 cm³/mol. The Kier molecular flexibility index (Phi) is 4.74. The van der Waals surface area contributed by atoms with Crippen molar-refractivity contribution >= 4 is 17.6 Å². The van der Waals surface area contributed by atoms with Crippen LogP contribution < -0.4 is 10.2 Å². The second-order valence-electron chi connectivity index (χ2n) is 5.20. The van der Waals surface area contributed by atoms with Crippen LogP contribution >= 0.6 is 0 Å². The zero-order valence-corrected chi connectivity index (χ0v) is 11.6. The van der Waals surface area contributed by atoms with Crippen molar-refractivity contribution in [2.24, 2.45) is 5.92 Å². The Balaban J connectivity index is 2.22. The highest BCUT2D eigenvalue weighted by molar-refractivity contribution is 6.00. The fraction of sp³-hybridized carbons (Fsp3) is 0.467. The van der Waals surface area contributed by atoms with Crippen LogP contribution in [0.3, 0.4) is 0 Å². The molecule has 1 aliphatic rings. The Morgan fingerprint density at radius 3 is 2.65 bits per heavy atom. The fourth-order valence-corrected chi connectivity index (χ4v) is 2.59. The highest BCUT2D eigenvalue weighted by Crippen LogP contribution is 2.21. The highest BCUT2D eigenvalue weighted by Gasteiger charge is 2.32. The van der Waals surface area contributed by atoms with Gasteiger partial charge in [0, 0.05) is 5.69 Å². The molecule has 1 heterocycles. The zero-order valence-electron chi connectivity index (χ0n) is 11.6. The van der Waals surface area contributed by atoms with Crippen LogP contribution in [0.5, 0.6) is 0 Å². The predicted octanol–water partition coefficient (Wildman–Crippen LogP) is 1.49. The number of nitrogens with zero attached hydrogens (tertiary/aromatic N) is 1. The van der Waals surface area contributed by atoms with Crippen molar-refractivity contribution in [1.29, 1.82) is 0 Å². The Morgan fingerprint density at radius 1 is 1.35 bits per heavy atom. The number of amides is 1. The number of rotatable bonds is 4. The van der Waals surface area contributed by atoms with Crippen molar-refractivity contribution in [2.75, 3.05) is 18.0 Å². The van der Waals surface area contributed by atoms with Gasteiger partial charge in [-0.05, 0) is 37.4 Å². The lowest BCUT2D eigenvalue weighted by atomic mass is 9.91. The first kappa shape index (κ1) is 14.5. The minimum atomic E-state index is -1.01. The summed E-state index contributed by atoms with van der Waals surface area (Å²) >= 11 is 0. The maximum Gasteiger partial charge on any atom is 0.323 e. The van der Waals surface area contributed by atoms with Crippen LogP contribution in [-0.4, -0.2) is 36.1 Å². The van der Waals surface area contributed by atoms with Gasteiger partial charge < -0.3 is 10.4 Å². The average Bonchev–Trinajstić information content (AvgIpc) is 2.45. The molecule has 0 bridgehead atoms. The van der Waals surface area contributed by atoms with E-state index in [2.05, 4.69) is 5.32 Å². The molecular formula is C15H20N2O3. The molecule has 0 radical (unpaired) electrons. The van der Waals surface area contributed by atoms with E-state index in [0.29, 0.717) is 5.69 Å². The number of benzene rings is 1. The van der Waals surface area contributed by atoms with Gasteiger partial charge in [-0.3, -0.25) is 14.5 Å². The topological polar surface area (TPSA) is 69.6 Å². The summed E-state index contributed by atoms with van der Waals surface area (Å²) in [6.07, 6.45) is 2.04. The van der Waals surface area contributed by atoms with Gasteiger partial charge in [0.15, 0.2) is 0 Å². The summed E-state index contributed by atoms with van der Waals surface area (Å²) in [5.41, 5.74) is 0.625. The molecule has 1 amide bonds. The first-order valence-corrected chi connectivity index (χ1v) is 6.91. The van der Waals surface area contributed by atoms with E-state index >= 15 is 0 Å². The van der Waals surface area contributed by atoms with Crippen LogP contribution in [0.4, 0.5) is 5.69 Å². The molecule has 5 heteroatoms. The van der Waals surface area contributed by atoms with Crippen LogP contribution in [-0.2, 0) is 9.59 Å².